The molecule has 9 heteroatoms. The van der Waals surface area contributed by atoms with E-state index in [2.05, 4.69) is 30.8 Å². The second-order valence-electron chi connectivity index (χ2n) is 5.72. The van der Waals surface area contributed by atoms with Gasteiger partial charge in [-0.25, -0.2) is 14.6 Å². The van der Waals surface area contributed by atoms with Crippen LogP contribution in [0.1, 0.15) is 21.7 Å². The van der Waals surface area contributed by atoms with Gasteiger partial charge in [-0.3, -0.25) is 4.79 Å². The summed E-state index contributed by atoms with van der Waals surface area (Å²) in [4.78, 5) is 23.3. The minimum absolute atomic E-state index is 0.248. The first-order valence-electron chi connectivity index (χ1n) is 7.63. The smallest absolute Gasteiger partial charge is 0.255 e. The van der Waals surface area contributed by atoms with Gasteiger partial charge >= 0.3 is 0 Å². The van der Waals surface area contributed by atoms with Crippen LogP contribution in [-0.2, 0) is 0 Å². The molecule has 3 aromatic rings. The molecule has 25 heavy (non-hydrogen) atoms. The van der Waals surface area contributed by atoms with Crippen LogP contribution in [-0.4, -0.2) is 50.2 Å². The highest BCUT2D eigenvalue weighted by Gasteiger charge is 2.14. The summed E-state index contributed by atoms with van der Waals surface area (Å²) in [6.07, 6.45) is 1.47. The number of carbonyl (C=O) groups is 1. The average Bonchev–Trinajstić information content (AvgIpc) is 3.12. The Balaban J connectivity index is 1.87. The van der Waals surface area contributed by atoms with E-state index in [-0.39, 0.29) is 5.91 Å². The largest absolute Gasteiger partial charge is 0.347 e. The Kier molecular flexibility index (Phi) is 4.38. The first kappa shape index (κ1) is 16.5. The quantitative estimate of drug-likeness (QED) is 0.767. The number of hydrogen-bond donors (Lipinski definition) is 1. The molecule has 0 bridgehead atoms. The first-order valence-corrected chi connectivity index (χ1v) is 7.63. The Morgan fingerprint density at radius 2 is 1.88 bits per heavy atom. The number of anilines is 2. The molecular formula is C16H18N8O. The molecule has 0 radical (unpaired) electrons. The predicted molar refractivity (Wildman–Crippen MR) is 92.9 cm³/mol. The number of aryl methyl sites for hydroxylation is 2. The van der Waals surface area contributed by atoms with Crippen molar-refractivity contribution < 1.29 is 4.79 Å². The third-order valence-electron chi connectivity index (χ3n) is 3.62. The van der Waals surface area contributed by atoms with E-state index in [1.165, 1.54) is 11.0 Å². The monoisotopic (exact) mass is 338 g/mol. The molecule has 0 aliphatic rings. The van der Waals surface area contributed by atoms with Gasteiger partial charge in [-0.05, 0) is 42.5 Å². The molecule has 3 rings (SSSR count). The van der Waals surface area contributed by atoms with Gasteiger partial charge in [0.15, 0.2) is 0 Å². The minimum atomic E-state index is -0.248. The summed E-state index contributed by atoms with van der Waals surface area (Å²) in [6, 6.07) is 7.03. The van der Waals surface area contributed by atoms with Crippen molar-refractivity contribution in [3.8, 4) is 5.69 Å². The van der Waals surface area contributed by atoms with Gasteiger partial charge in [-0.1, -0.05) is 6.07 Å². The van der Waals surface area contributed by atoms with Crippen LogP contribution in [0.15, 0.2) is 30.6 Å². The van der Waals surface area contributed by atoms with Crippen LogP contribution in [0, 0.1) is 13.8 Å². The van der Waals surface area contributed by atoms with Gasteiger partial charge in [0.1, 0.15) is 6.33 Å². The van der Waals surface area contributed by atoms with E-state index in [1.807, 2.05) is 38.9 Å². The molecule has 0 spiro atoms. The maximum atomic E-state index is 12.6. The summed E-state index contributed by atoms with van der Waals surface area (Å²) in [6.45, 7) is 3.68. The molecule has 0 aliphatic carbocycles. The van der Waals surface area contributed by atoms with Crippen molar-refractivity contribution in [2.45, 2.75) is 13.8 Å². The number of aromatic nitrogens is 6. The number of nitrogens with zero attached hydrogens (tertiary/aromatic N) is 7. The SMILES string of the molecule is Cc1nc(N(C)C)nc(C)c1NC(=O)c1cccc(-n2cnnn2)c1. The minimum Gasteiger partial charge on any atom is -0.347 e. The lowest BCUT2D eigenvalue weighted by atomic mass is 10.1. The number of hydrogen-bond acceptors (Lipinski definition) is 7. The van der Waals surface area contributed by atoms with Crippen LogP contribution < -0.4 is 10.2 Å². The third-order valence-corrected chi connectivity index (χ3v) is 3.62. The fraction of sp³-hybridized carbons (Fsp3) is 0.250. The fourth-order valence-electron chi connectivity index (χ4n) is 2.33. The average molecular weight is 338 g/mol. The summed E-state index contributed by atoms with van der Waals surface area (Å²) in [5.74, 6) is 0.357. The maximum Gasteiger partial charge on any atom is 0.255 e. The van der Waals surface area contributed by atoms with Crippen LogP contribution >= 0.6 is 0 Å². The van der Waals surface area contributed by atoms with Crippen molar-refractivity contribution in [1.29, 1.82) is 0 Å². The molecule has 0 atom stereocenters. The summed E-state index contributed by atoms with van der Waals surface area (Å²) < 4.78 is 1.49. The van der Waals surface area contributed by atoms with Crippen molar-refractivity contribution >= 4 is 17.5 Å². The highest BCUT2D eigenvalue weighted by atomic mass is 16.1. The van der Waals surface area contributed by atoms with Gasteiger partial charge in [-0.2, -0.15) is 0 Å². The molecule has 2 aromatic heterocycles. The summed E-state index contributed by atoms with van der Waals surface area (Å²) in [5.41, 5.74) is 3.22. The topological polar surface area (TPSA) is 102 Å². The van der Waals surface area contributed by atoms with E-state index in [9.17, 15) is 4.79 Å². The molecule has 0 saturated heterocycles. The zero-order valence-electron chi connectivity index (χ0n) is 14.4. The van der Waals surface area contributed by atoms with Gasteiger partial charge < -0.3 is 10.2 Å². The van der Waals surface area contributed by atoms with Gasteiger partial charge in [0, 0.05) is 19.7 Å². The van der Waals surface area contributed by atoms with E-state index in [0.717, 1.165) is 0 Å². The number of tetrazole rings is 1. The van der Waals surface area contributed by atoms with Crippen molar-refractivity contribution in [3.05, 3.63) is 47.5 Å². The standard InChI is InChI=1S/C16H18N8O/c1-10-14(11(2)19-16(18-10)23(3)4)20-15(25)12-6-5-7-13(8-12)24-9-17-21-22-24/h5-9H,1-4H3,(H,20,25). The number of benzene rings is 1. The van der Waals surface area contributed by atoms with Gasteiger partial charge in [0.2, 0.25) is 5.95 Å². The van der Waals surface area contributed by atoms with E-state index in [0.29, 0.717) is 34.3 Å². The highest BCUT2D eigenvalue weighted by molar-refractivity contribution is 6.05. The van der Waals surface area contributed by atoms with Crippen molar-refractivity contribution in [2.75, 3.05) is 24.3 Å². The predicted octanol–water partition coefficient (Wildman–Crippen LogP) is 1.39. The van der Waals surface area contributed by atoms with Gasteiger partial charge in [0.05, 0.1) is 22.8 Å². The Morgan fingerprint density at radius 1 is 1.16 bits per heavy atom. The zero-order valence-corrected chi connectivity index (χ0v) is 14.4. The fourth-order valence-corrected chi connectivity index (χ4v) is 2.33. The van der Waals surface area contributed by atoms with E-state index < -0.39 is 0 Å². The van der Waals surface area contributed by atoms with Crippen LogP contribution in [0.3, 0.4) is 0 Å². The molecule has 0 fully saturated rings. The molecule has 0 saturated carbocycles. The number of nitrogens with one attached hydrogen (secondary N) is 1. The van der Waals surface area contributed by atoms with Crippen LogP contribution in [0.25, 0.3) is 5.69 Å². The molecule has 0 aliphatic heterocycles. The summed E-state index contributed by atoms with van der Waals surface area (Å²) in [7, 11) is 3.74. The van der Waals surface area contributed by atoms with Gasteiger partial charge in [0.25, 0.3) is 5.91 Å². The molecule has 1 amide bonds. The zero-order chi connectivity index (χ0) is 18.0. The third kappa shape index (κ3) is 3.44. The molecule has 9 nitrogen and oxygen atoms in total. The van der Waals surface area contributed by atoms with Crippen molar-refractivity contribution in [2.24, 2.45) is 0 Å². The lowest BCUT2D eigenvalue weighted by Crippen LogP contribution is -2.18. The highest BCUT2D eigenvalue weighted by Crippen LogP contribution is 2.20. The van der Waals surface area contributed by atoms with Crippen molar-refractivity contribution in [1.82, 2.24) is 30.2 Å². The second-order valence-corrected chi connectivity index (χ2v) is 5.72. The normalized spacial score (nSPS) is 10.6. The van der Waals surface area contributed by atoms with E-state index in [1.54, 1.807) is 18.2 Å². The van der Waals surface area contributed by atoms with Crippen LogP contribution in [0.4, 0.5) is 11.6 Å². The Hall–Kier alpha value is -3.36. The number of rotatable bonds is 4. The molecular weight excluding hydrogens is 320 g/mol. The molecule has 1 aromatic carbocycles. The van der Waals surface area contributed by atoms with Crippen LogP contribution in [0.2, 0.25) is 0 Å². The number of carbonyl (C=O) groups excluding carboxylic acids is 1. The maximum absolute atomic E-state index is 12.6. The first-order chi connectivity index (χ1) is 12.0. The lowest BCUT2D eigenvalue weighted by Gasteiger charge is -2.15. The second kappa shape index (κ2) is 6.63. The Bertz CT molecular complexity index is 881. The molecule has 0 unspecified atom stereocenters. The molecule has 2 heterocycles. The van der Waals surface area contributed by atoms with Gasteiger partial charge in [-0.15, -0.1) is 5.10 Å². The molecule has 1 N–H and O–H groups in total. The molecule has 128 valence electrons. The Labute approximate surface area is 144 Å². The summed E-state index contributed by atoms with van der Waals surface area (Å²) >= 11 is 0. The summed E-state index contributed by atoms with van der Waals surface area (Å²) in [5, 5.41) is 13.9. The van der Waals surface area contributed by atoms with Crippen molar-refractivity contribution in [3.63, 3.8) is 0 Å². The van der Waals surface area contributed by atoms with Crippen LogP contribution in [0.5, 0.6) is 0 Å². The lowest BCUT2D eigenvalue weighted by molar-refractivity contribution is 0.102. The number of amides is 1. The van der Waals surface area contributed by atoms with E-state index >= 15 is 0 Å². The Morgan fingerprint density at radius 3 is 2.48 bits per heavy atom. The van der Waals surface area contributed by atoms with E-state index in [4.69, 9.17) is 0 Å².